The third-order valence-electron chi connectivity index (χ3n) is 3.21. The van der Waals surface area contributed by atoms with E-state index in [4.69, 9.17) is 5.11 Å². The van der Waals surface area contributed by atoms with E-state index in [2.05, 4.69) is 5.32 Å². The molecule has 2 aliphatic rings. The van der Waals surface area contributed by atoms with Gasteiger partial charge in [-0.15, -0.1) is 12.4 Å². The van der Waals surface area contributed by atoms with Crippen LogP contribution in [0.25, 0.3) is 0 Å². The zero-order chi connectivity index (χ0) is 9.31. The van der Waals surface area contributed by atoms with Gasteiger partial charge in [0.1, 0.15) is 6.04 Å². The van der Waals surface area contributed by atoms with Gasteiger partial charge in [0, 0.05) is 6.54 Å². The second kappa shape index (κ2) is 4.73. The number of nitrogens with one attached hydrogen (secondary N) is 1. The van der Waals surface area contributed by atoms with Gasteiger partial charge in [-0.2, -0.15) is 11.8 Å². The van der Waals surface area contributed by atoms with Crippen LogP contribution in [-0.4, -0.2) is 35.2 Å². The largest absolute Gasteiger partial charge is 0.480 e. The van der Waals surface area contributed by atoms with Crippen molar-refractivity contribution in [3.8, 4) is 0 Å². The first-order valence-corrected chi connectivity index (χ1v) is 5.91. The molecule has 0 aromatic carbocycles. The highest BCUT2D eigenvalue weighted by Crippen LogP contribution is 2.41. The lowest BCUT2D eigenvalue weighted by molar-refractivity contribution is -0.139. The lowest BCUT2D eigenvalue weighted by Gasteiger charge is -2.31. The minimum Gasteiger partial charge on any atom is -0.480 e. The van der Waals surface area contributed by atoms with Crippen LogP contribution in [0.4, 0.5) is 0 Å². The second-order valence-corrected chi connectivity index (χ2v) is 5.31. The van der Waals surface area contributed by atoms with Crippen LogP contribution in [0.15, 0.2) is 0 Å². The van der Waals surface area contributed by atoms with E-state index in [1.807, 2.05) is 11.8 Å². The maximum atomic E-state index is 10.8. The maximum absolute atomic E-state index is 10.8. The summed E-state index contributed by atoms with van der Waals surface area (Å²) in [5.74, 6) is 1.72. The zero-order valence-corrected chi connectivity index (χ0v) is 9.62. The van der Waals surface area contributed by atoms with E-state index < -0.39 is 5.97 Å². The summed E-state index contributed by atoms with van der Waals surface area (Å²) in [6, 6.07) is -0.289. The van der Waals surface area contributed by atoms with Crippen LogP contribution >= 0.6 is 24.2 Å². The summed E-state index contributed by atoms with van der Waals surface area (Å²) < 4.78 is 0. The van der Waals surface area contributed by atoms with Crippen molar-refractivity contribution < 1.29 is 9.90 Å². The van der Waals surface area contributed by atoms with Gasteiger partial charge in [-0.1, -0.05) is 0 Å². The summed E-state index contributed by atoms with van der Waals surface area (Å²) >= 11 is 1.99. The third-order valence-corrected chi connectivity index (χ3v) is 4.20. The van der Waals surface area contributed by atoms with E-state index in [-0.39, 0.29) is 18.4 Å². The lowest BCUT2D eigenvalue weighted by Crippen LogP contribution is -2.30. The van der Waals surface area contributed by atoms with Crippen molar-refractivity contribution in [1.29, 1.82) is 0 Å². The van der Waals surface area contributed by atoms with Crippen molar-refractivity contribution in [2.45, 2.75) is 25.3 Å². The predicted molar refractivity (Wildman–Crippen MR) is 60.3 cm³/mol. The van der Waals surface area contributed by atoms with Crippen molar-refractivity contribution in [2.24, 2.45) is 5.41 Å². The Morgan fingerprint density at radius 3 is 2.57 bits per heavy atom. The van der Waals surface area contributed by atoms with Gasteiger partial charge in [0.25, 0.3) is 0 Å². The number of halogens is 1. The summed E-state index contributed by atoms with van der Waals surface area (Å²) in [7, 11) is 0. The van der Waals surface area contributed by atoms with Crippen molar-refractivity contribution in [3.63, 3.8) is 0 Å². The van der Waals surface area contributed by atoms with Crippen LogP contribution < -0.4 is 5.32 Å². The Hall–Kier alpha value is 0.0700. The van der Waals surface area contributed by atoms with E-state index in [0.29, 0.717) is 5.41 Å². The summed E-state index contributed by atoms with van der Waals surface area (Å²) in [6.45, 7) is 0.907. The molecule has 2 fully saturated rings. The van der Waals surface area contributed by atoms with E-state index in [1.54, 1.807) is 0 Å². The van der Waals surface area contributed by atoms with Crippen LogP contribution in [0, 0.1) is 5.41 Å². The van der Waals surface area contributed by atoms with Crippen molar-refractivity contribution in [3.05, 3.63) is 0 Å². The smallest absolute Gasteiger partial charge is 0.320 e. The number of carboxylic acids is 1. The molecule has 0 saturated carbocycles. The molecule has 1 spiro atoms. The number of carbonyl (C=O) groups is 1. The molecular weight excluding hydrogens is 222 g/mol. The average molecular weight is 238 g/mol. The minimum atomic E-state index is -0.685. The van der Waals surface area contributed by atoms with Gasteiger partial charge in [0.15, 0.2) is 0 Å². The zero-order valence-electron chi connectivity index (χ0n) is 7.99. The monoisotopic (exact) mass is 237 g/mol. The first-order chi connectivity index (χ1) is 6.22. The molecule has 1 atom stereocenters. The van der Waals surface area contributed by atoms with E-state index >= 15 is 0 Å². The van der Waals surface area contributed by atoms with Crippen LogP contribution in [0.3, 0.4) is 0 Å². The SMILES string of the molecule is Cl.O=C(O)C1CC2(CCSCC2)CN1. The van der Waals surface area contributed by atoms with E-state index in [0.717, 1.165) is 13.0 Å². The van der Waals surface area contributed by atoms with Crippen LogP contribution in [0.1, 0.15) is 19.3 Å². The van der Waals surface area contributed by atoms with Crippen LogP contribution in [-0.2, 0) is 4.79 Å². The molecule has 3 nitrogen and oxygen atoms in total. The molecule has 2 N–H and O–H groups in total. The van der Waals surface area contributed by atoms with Gasteiger partial charge in [0.2, 0.25) is 0 Å². The molecule has 0 radical (unpaired) electrons. The molecule has 0 aliphatic carbocycles. The highest BCUT2D eigenvalue weighted by atomic mass is 35.5. The van der Waals surface area contributed by atoms with Gasteiger partial charge >= 0.3 is 5.97 Å². The molecule has 2 saturated heterocycles. The molecule has 82 valence electrons. The lowest BCUT2D eigenvalue weighted by atomic mass is 9.80. The number of hydrogen-bond acceptors (Lipinski definition) is 3. The molecular formula is C9H16ClNO2S. The molecule has 5 heteroatoms. The molecule has 2 aliphatic heterocycles. The Kier molecular flexibility index (Phi) is 4.10. The number of carboxylic acid groups (broad SMARTS) is 1. The van der Waals surface area contributed by atoms with Crippen LogP contribution in [0.2, 0.25) is 0 Å². The van der Waals surface area contributed by atoms with Crippen molar-refractivity contribution in [1.82, 2.24) is 5.32 Å². The molecule has 0 aromatic rings. The molecule has 1 unspecified atom stereocenters. The Morgan fingerprint density at radius 1 is 1.43 bits per heavy atom. The normalized spacial score (nSPS) is 29.9. The van der Waals surface area contributed by atoms with Gasteiger partial charge in [-0.3, -0.25) is 4.79 Å². The summed E-state index contributed by atoms with van der Waals surface area (Å²) in [4.78, 5) is 10.8. The standard InChI is InChI=1S/C9H15NO2S.ClH/c11-8(12)7-5-9(6-10-7)1-3-13-4-2-9;/h7,10H,1-6H2,(H,11,12);1H. The fraction of sp³-hybridized carbons (Fsp3) is 0.889. The number of aliphatic carboxylic acids is 1. The molecule has 0 aromatic heterocycles. The predicted octanol–water partition coefficient (Wildman–Crippen LogP) is 1.37. The number of thioether (sulfide) groups is 1. The highest BCUT2D eigenvalue weighted by molar-refractivity contribution is 7.99. The van der Waals surface area contributed by atoms with Gasteiger partial charge < -0.3 is 10.4 Å². The first kappa shape index (κ1) is 12.1. The fourth-order valence-corrected chi connectivity index (χ4v) is 3.64. The average Bonchev–Trinajstić information content (AvgIpc) is 2.51. The highest BCUT2D eigenvalue weighted by Gasteiger charge is 2.42. The Morgan fingerprint density at radius 2 is 2.07 bits per heavy atom. The molecule has 2 heterocycles. The number of hydrogen-bond donors (Lipinski definition) is 2. The summed E-state index contributed by atoms with van der Waals surface area (Å²) in [6.07, 6.45) is 3.21. The van der Waals surface area contributed by atoms with Gasteiger partial charge in [0.05, 0.1) is 0 Å². The second-order valence-electron chi connectivity index (χ2n) is 4.09. The maximum Gasteiger partial charge on any atom is 0.320 e. The summed E-state index contributed by atoms with van der Waals surface area (Å²) in [5.41, 5.74) is 0.314. The summed E-state index contributed by atoms with van der Waals surface area (Å²) in [5, 5.41) is 12.0. The quantitative estimate of drug-likeness (QED) is 0.723. The van der Waals surface area contributed by atoms with Crippen molar-refractivity contribution >= 4 is 30.1 Å². The first-order valence-electron chi connectivity index (χ1n) is 4.76. The van der Waals surface area contributed by atoms with E-state index in [9.17, 15) is 4.79 Å². The Labute approximate surface area is 94.4 Å². The number of rotatable bonds is 1. The minimum absolute atomic E-state index is 0. The molecule has 2 rings (SSSR count). The fourth-order valence-electron chi connectivity index (χ4n) is 2.28. The van der Waals surface area contributed by atoms with Crippen LogP contribution in [0.5, 0.6) is 0 Å². The van der Waals surface area contributed by atoms with Gasteiger partial charge in [-0.05, 0) is 36.2 Å². The topological polar surface area (TPSA) is 49.3 Å². The molecule has 14 heavy (non-hydrogen) atoms. The Balaban J connectivity index is 0.000000980. The Bertz CT molecular complexity index is 219. The van der Waals surface area contributed by atoms with Gasteiger partial charge in [-0.25, -0.2) is 0 Å². The molecule has 0 amide bonds. The van der Waals surface area contributed by atoms with Crippen molar-refractivity contribution in [2.75, 3.05) is 18.1 Å². The third kappa shape index (κ3) is 2.35. The van der Waals surface area contributed by atoms with E-state index in [1.165, 1.54) is 24.3 Å². The molecule has 0 bridgehead atoms.